The number of hydrogen-bond acceptors (Lipinski definition) is 4. The van der Waals surface area contributed by atoms with Crippen molar-refractivity contribution in [2.45, 2.75) is 32.8 Å². The molecule has 4 heteroatoms. The summed E-state index contributed by atoms with van der Waals surface area (Å²) in [6.45, 7) is 14.9. The monoisotopic (exact) mass is 243 g/mol. The summed E-state index contributed by atoms with van der Waals surface area (Å²) in [5, 5.41) is 0. The lowest BCUT2D eigenvalue weighted by atomic mass is 10.2. The van der Waals surface area contributed by atoms with Crippen molar-refractivity contribution in [2.24, 2.45) is 5.73 Å². The molecule has 2 N–H and O–H groups in total. The Labute approximate surface area is 106 Å². The highest BCUT2D eigenvalue weighted by atomic mass is 16.5. The van der Waals surface area contributed by atoms with Gasteiger partial charge in [0.2, 0.25) is 0 Å². The third kappa shape index (κ3) is 6.99. The predicted molar refractivity (Wildman–Crippen MR) is 72.3 cm³/mol. The van der Waals surface area contributed by atoms with Crippen molar-refractivity contribution in [3.05, 3.63) is 0 Å². The predicted octanol–water partition coefficient (Wildman–Crippen LogP) is 0.768. The van der Waals surface area contributed by atoms with Crippen LogP contribution in [0.1, 0.15) is 27.2 Å². The molecule has 0 radical (unpaired) electrons. The summed E-state index contributed by atoms with van der Waals surface area (Å²) in [4.78, 5) is 5.00. The number of hydrogen-bond donors (Lipinski definition) is 1. The molecule has 0 atom stereocenters. The van der Waals surface area contributed by atoms with Gasteiger partial charge in [-0.25, -0.2) is 0 Å². The Morgan fingerprint density at radius 2 is 1.53 bits per heavy atom. The second-order valence-corrected chi connectivity index (χ2v) is 5.79. The van der Waals surface area contributed by atoms with Gasteiger partial charge in [-0.15, -0.1) is 0 Å². The van der Waals surface area contributed by atoms with Gasteiger partial charge in [0, 0.05) is 32.7 Å². The average Bonchev–Trinajstić information content (AvgIpc) is 2.26. The van der Waals surface area contributed by atoms with Gasteiger partial charge < -0.3 is 15.4 Å². The van der Waals surface area contributed by atoms with Crippen molar-refractivity contribution in [2.75, 3.05) is 52.4 Å². The van der Waals surface area contributed by atoms with E-state index in [1.165, 1.54) is 13.1 Å². The zero-order valence-electron chi connectivity index (χ0n) is 11.7. The average molecular weight is 243 g/mol. The SMILES string of the molecule is CC(C)(C)OCCN1CCN(CCCN)CC1. The van der Waals surface area contributed by atoms with E-state index in [0.29, 0.717) is 0 Å². The first-order valence-electron chi connectivity index (χ1n) is 6.80. The molecule has 1 fully saturated rings. The van der Waals surface area contributed by atoms with Crippen LogP contribution in [0.25, 0.3) is 0 Å². The molecule has 17 heavy (non-hydrogen) atoms. The third-order valence-electron chi connectivity index (χ3n) is 3.09. The van der Waals surface area contributed by atoms with Crippen LogP contribution in [0.2, 0.25) is 0 Å². The van der Waals surface area contributed by atoms with E-state index in [0.717, 1.165) is 45.8 Å². The van der Waals surface area contributed by atoms with E-state index in [4.69, 9.17) is 10.5 Å². The molecule has 1 rings (SSSR count). The van der Waals surface area contributed by atoms with Gasteiger partial charge in [-0.3, -0.25) is 4.90 Å². The van der Waals surface area contributed by atoms with Gasteiger partial charge >= 0.3 is 0 Å². The largest absolute Gasteiger partial charge is 0.375 e. The number of piperazine rings is 1. The van der Waals surface area contributed by atoms with E-state index in [9.17, 15) is 0 Å². The molecule has 1 heterocycles. The highest BCUT2D eigenvalue weighted by Crippen LogP contribution is 2.07. The van der Waals surface area contributed by atoms with Gasteiger partial charge in [-0.2, -0.15) is 0 Å². The number of ether oxygens (including phenoxy) is 1. The van der Waals surface area contributed by atoms with Gasteiger partial charge in [-0.05, 0) is 40.3 Å². The standard InChI is InChI=1S/C13H29N3O/c1-13(2,3)17-12-11-16-9-7-15(8-10-16)6-4-5-14/h4-12,14H2,1-3H3. The Bertz CT molecular complexity index is 195. The fourth-order valence-electron chi connectivity index (χ4n) is 2.03. The maximum atomic E-state index is 5.75. The van der Waals surface area contributed by atoms with Gasteiger partial charge in [-0.1, -0.05) is 0 Å². The quantitative estimate of drug-likeness (QED) is 0.748. The van der Waals surface area contributed by atoms with Gasteiger partial charge in [0.25, 0.3) is 0 Å². The summed E-state index contributed by atoms with van der Waals surface area (Å²) >= 11 is 0. The van der Waals surface area contributed by atoms with Crippen LogP contribution in [0.4, 0.5) is 0 Å². The zero-order chi connectivity index (χ0) is 12.7. The van der Waals surface area contributed by atoms with E-state index in [1.54, 1.807) is 0 Å². The Kier molecular flexibility index (Phi) is 6.41. The summed E-state index contributed by atoms with van der Waals surface area (Å²) in [6.07, 6.45) is 1.12. The van der Waals surface area contributed by atoms with Crippen molar-refractivity contribution >= 4 is 0 Å². The van der Waals surface area contributed by atoms with Crippen LogP contribution in [0.3, 0.4) is 0 Å². The molecule has 0 aromatic rings. The molecular formula is C13H29N3O. The van der Waals surface area contributed by atoms with E-state index in [2.05, 4.69) is 30.6 Å². The Hall–Kier alpha value is -0.160. The van der Waals surface area contributed by atoms with Crippen molar-refractivity contribution in [1.82, 2.24) is 9.80 Å². The Morgan fingerprint density at radius 1 is 1.00 bits per heavy atom. The molecule has 102 valence electrons. The van der Waals surface area contributed by atoms with E-state index in [-0.39, 0.29) is 5.60 Å². The minimum Gasteiger partial charge on any atom is -0.375 e. The summed E-state index contributed by atoms with van der Waals surface area (Å²) in [5.74, 6) is 0. The molecule has 0 unspecified atom stereocenters. The lowest BCUT2D eigenvalue weighted by Gasteiger charge is -2.35. The molecule has 0 aromatic heterocycles. The molecule has 4 nitrogen and oxygen atoms in total. The number of nitrogens with zero attached hydrogens (tertiary/aromatic N) is 2. The Morgan fingerprint density at radius 3 is 2.00 bits per heavy atom. The normalized spacial score (nSPS) is 19.8. The number of nitrogens with two attached hydrogens (primary N) is 1. The number of rotatable bonds is 6. The smallest absolute Gasteiger partial charge is 0.0600 e. The summed E-state index contributed by atoms with van der Waals surface area (Å²) in [5.41, 5.74) is 5.51. The molecular weight excluding hydrogens is 214 g/mol. The van der Waals surface area contributed by atoms with Gasteiger partial charge in [0.05, 0.1) is 12.2 Å². The van der Waals surface area contributed by atoms with Crippen LogP contribution in [0.5, 0.6) is 0 Å². The van der Waals surface area contributed by atoms with E-state index < -0.39 is 0 Å². The second-order valence-electron chi connectivity index (χ2n) is 5.79. The lowest BCUT2D eigenvalue weighted by Crippen LogP contribution is -2.47. The topological polar surface area (TPSA) is 41.7 Å². The van der Waals surface area contributed by atoms with Gasteiger partial charge in [0.1, 0.15) is 0 Å². The fraction of sp³-hybridized carbons (Fsp3) is 1.00. The molecule has 1 saturated heterocycles. The second kappa shape index (κ2) is 7.31. The molecule has 1 aliphatic rings. The molecule has 0 spiro atoms. The summed E-state index contributed by atoms with van der Waals surface area (Å²) in [6, 6.07) is 0. The molecule has 0 amide bonds. The van der Waals surface area contributed by atoms with Crippen molar-refractivity contribution in [1.29, 1.82) is 0 Å². The van der Waals surface area contributed by atoms with Crippen LogP contribution in [0.15, 0.2) is 0 Å². The third-order valence-corrected chi connectivity index (χ3v) is 3.09. The van der Waals surface area contributed by atoms with Crippen molar-refractivity contribution in [3.63, 3.8) is 0 Å². The lowest BCUT2D eigenvalue weighted by molar-refractivity contribution is -0.0177. The Balaban J connectivity index is 2.07. The van der Waals surface area contributed by atoms with Crippen molar-refractivity contribution in [3.8, 4) is 0 Å². The molecule has 0 aliphatic carbocycles. The van der Waals surface area contributed by atoms with E-state index >= 15 is 0 Å². The van der Waals surface area contributed by atoms with Crippen LogP contribution < -0.4 is 5.73 Å². The molecule has 0 bridgehead atoms. The van der Waals surface area contributed by atoms with Crippen LogP contribution >= 0.6 is 0 Å². The van der Waals surface area contributed by atoms with Gasteiger partial charge in [0.15, 0.2) is 0 Å². The van der Waals surface area contributed by atoms with Crippen LogP contribution in [0, 0.1) is 0 Å². The van der Waals surface area contributed by atoms with Crippen LogP contribution in [-0.4, -0.2) is 67.8 Å². The molecule has 0 aromatic carbocycles. The first-order valence-corrected chi connectivity index (χ1v) is 6.80. The zero-order valence-corrected chi connectivity index (χ0v) is 11.7. The van der Waals surface area contributed by atoms with Crippen LogP contribution in [-0.2, 0) is 4.74 Å². The minimum absolute atomic E-state index is 0.0110. The van der Waals surface area contributed by atoms with Crippen molar-refractivity contribution < 1.29 is 4.74 Å². The first-order chi connectivity index (χ1) is 8.01. The molecule has 1 aliphatic heterocycles. The summed E-state index contributed by atoms with van der Waals surface area (Å²) < 4.78 is 5.75. The first kappa shape index (κ1) is 14.9. The van der Waals surface area contributed by atoms with E-state index in [1.807, 2.05) is 0 Å². The highest BCUT2D eigenvalue weighted by molar-refractivity contribution is 4.72. The maximum Gasteiger partial charge on any atom is 0.0600 e. The fourth-order valence-corrected chi connectivity index (χ4v) is 2.03. The highest BCUT2D eigenvalue weighted by Gasteiger charge is 2.17. The maximum absolute atomic E-state index is 5.75. The minimum atomic E-state index is -0.0110. The summed E-state index contributed by atoms with van der Waals surface area (Å²) in [7, 11) is 0. The molecule has 0 saturated carbocycles.